The number of nitrogens with one attached hydrogen (secondary N) is 2. The van der Waals surface area contributed by atoms with E-state index < -0.39 is 0 Å². The first kappa shape index (κ1) is 27.1. The molecule has 0 saturated carbocycles. The van der Waals surface area contributed by atoms with Gasteiger partial charge in [0.1, 0.15) is 0 Å². The summed E-state index contributed by atoms with van der Waals surface area (Å²) in [5, 5.41) is 6.80. The van der Waals surface area contributed by atoms with Crippen LogP contribution in [0.5, 0.6) is 0 Å². The highest BCUT2D eigenvalue weighted by atomic mass is 127. The predicted molar refractivity (Wildman–Crippen MR) is 121 cm³/mol. The second-order valence-corrected chi connectivity index (χ2v) is 6.56. The molecule has 0 amide bonds. The molecule has 0 bridgehead atoms. The number of unbranched alkanes of at least 4 members (excludes halogenated alkanes) is 1. The Labute approximate surface area is 173 Å². The molecule has 0 aromatic carbocycles. The number of ether oxygens (including phenoxy) is 1. The van der Waals surface area contributed by atoms with Gasteiger partial charge < -0.3 is 15.4 Å². The van der Waals surface area contributed by atoms with Crippen LogP contribution in [0.15, 0.2) is 4.99 Å². The Bertz CT molecular complexity index is 310. The topological polar surface area (TPSA) is 48.9 Å². The lowest BCUT2D eigenvalue weighted by atomic mass is 10.0. The molecule has 0 aliphatic carbocycles. The Balaban J connectivity index is 0. The van der Waals surface area contributed by atoms with Crippen molar-refractivity contribution in [3.63, 3.8) is 0 Å². The molecule has 5 nitrogen and oxygen atoms in total. The van der Waals surface area contributed by atoms with E-state index in [4.69, 9.17) is 9.73 Å². The van der Waals surface area contributed by atoms with E-state index in [1.54, 1.807) is 0 Å². The van der Waals surface area contributed by atoms with Crippen LogP contribution in [0.1, 0.15) is 60.8 Å². The van der Waals surface area contributed by atoms with Crippen molar-refractivity contribution in [1.82, 2.24) is 15.5 Å². The average Bonchev–Trinajstić information content (AvgIpc) is 2.55. The third kappa shape index (κ3) is 14.7. The normalized spacial score (nSPS) is 13.0. The van der Waals surface area contributed by atoms with E-state index in [9.17, 15) is 0 Å². The van der Waals surface area contributed by atoms with Gasteiger partial charge in [0.25, 0.3) is 0 Å². The van der Waals surface area contributed by atoms with E-state index in [-0.39, 0.29) is 24.0 Å². The first-order valence-corrected chi connectivity index (χ1v) is 9.92. The number of hydrogen-bond acceptors (Lipinski definition) is 3. The molecule has 0 radical (unpaired) electrons. The molecule has 0 aromatic rings. The Morgan fingerprint density at radius 2 is 1.72 bits per heavy atom. The molecule has 1 unspecified atom stereocenters. The molecule has 152 valence electrons. The Kier molecular flexibility index (Phi) is 20.3. The van der Waals surface area contributed by atoms with E-state index in [0.29, 0.717) is 12.0 Å². The third-order valence-corrected chi connectivity index (χ3v) is 4.09. The SMILES string of the molecule is CCNC(=NCC(CC(C)C)N(CC)CC)NCCCCOCC.I. The molecule has 0 aromatic heterocycles. The van der Waals surface area contributed by atoms with Crippen molar-refractivity contribution in [3.05, 3.63) is 0 Å². The molecule has 25 heavy (non-hydrogen) atoms. The lowest BCUT2D eigenvalue weighted by Crippen LogP contribution is -2.41. The first-order valence-electron chi connectivity index (χ1n) is 9.92. The lowest BCUT2D eigenvalue weighted by Gasteiger charge is -2.30. The quantitative estimate of drug-likeness (QED) is 0.176. The second kappa shape index (κ2) is 18.7. The molecule has 0 heterocycles. The van der Waals surface area contributed by atoms with E-state index in [1.807, 2.05) is 6.92 Å². The van der Waals surface area contributed by atoms with Gasteiger partial charge in [0.15, 0.2) is 5.96 Å². The van der Waals surface area contributed by atoms with Crippen LogP contribution in [-0.2, 0) is 4.74 Å². The molecule has 0 saturated heterocycles. The first-order chi connectivity index (χ1) is 11.6. The zero-order valence-electron chi connectivity index (χ0n) is 17.4. The molecule has 0 spiro atoms. The maximum absolute atomic E-state index is 5.38. The predicted octanol–water partition coefficient (Wildman–Crippen LogP) is 3.73. The van der Waals surface area contributed by atoms with Gasteiger partial charge in [-0.2, -0.15) is 0 Å². The van der Waals surface area contributed by atoms with Gasteiger partial charge in [-0.3, -0.25) is 9.89 Å². The summed E-state index contributed by atoms with van der Waals surface area (Å²) in [5.41, 5.74) is 0. The molecular formula is C19H43IN4O. The third-order valence-electron chi connectivity index (χ3n) is 4.09. The van der Waals surface area contributed by atoms with Gasteiger partial charge in [0.2, 0.25) is 0 Å². The fraction of sp³-hybridized carbons (Fsp3) is 0.947. The van der Waals surface area contributed by atoms with Crippen LogP contribution in [0.3, 0.4) is 0 Å². The summed E-state index contributed by atoms with van der Waals surface area (Å²) in [6.45, 7) is 19.7. The number of likely N-dealkylation sites (N-methyl/N-ethyl adjacent to an activating group) is 1. The van der Waals surface area contributed by atoms with Crippen LogP contribution in [0.2, 0.25) is 0 Å². The van der Waals surface area contributed by atoms with Crippen LogP contribution in [0.25, 0.3) is 0 Å². The van der Waals surface area contributed by atoms with Gasteiger partial charge in [-0.15, -0.1) is 24.0 Å². The molecule has 0 aliphatic rings. The number of rotatable bonds is 14. The van der Waals surface area contributed by atoms with Gasteiger partial charge in [-0.05, 0) is 52.1 Å². The highest BCUT2D eigenvalue weighted by Gasteiger charge is 2.17. The number of nitrogens with zero attached hydrogens (tertiary/aromatic N) is 2. The average molecular weight is 470 g/mol. The van der Waals surface area contributed by atoms with Crippen molar-refractivity contribution >= 4 is 29.9 Å². The zero-order valence-corrected chi connectivity index (χ0v) is 19.8. The Morgan fingerprint density at radius 1 is 1.04 bits per heavy atom. The fourth-order valence-electron chi connectivity index (χ4n) is 2.84. The van der Waals surface area contributed by atoms with E-state index in [0.717, 1.165) is 64.7 Å². The molecule has 0 fully saturated rings. The van der Waals surface area contributed by atoms with Crippen molar-refractivity contribution in [3.8, 4) is 0 Å². The standard InChI is InChI=1S/C19H42N4O.HI/c1-7-20-19(21-13-11-12-14-24-10-4)22-16-18(15-17(5)6)23(8-2)9-3;/h17-18H,7-16H2,1-6H3,(H2,20,21,22);1H. The smallest absolute Gasteiger partial charge is 0.191 e. The summed E-state index contributed by atoms with van der Waals surface area (Å²) >= 11 is 0. The maximum atomic E-state index is 5.38. The van der Waals surface area contributed by atoms with Crippen LogP contribution in [-0.4, -0.2) is 62.8 Å². The minimum atomic E-state index is 0. The molecule has 1 atom stereocenters. The van der Waals surface area contributed by atoms with Crippen molar-refractivity contribution in [2.75, 3.05) is 45.9 Å². The molecular weight excluding hydrogens is 427 g/mol. The molecule has 0 rings (SSSR count). The van der Waals surface area contributed by atoms with E-state index in [1.165, 1.54) is 6.42 Å². The van der Waals surface area contributed by atoms with Crippen LogP contribution < -0.4 is 10.6 Å². The minimum absolute atomic E-state index is 0. The van der Waals surface area contributed by atoms with Gasteiger partial charge in [0.05, 0.1) is 6.54 Å². The van der Waals surface area contributed by atoms with Crippen LogP contribution in [0, 0.1) is 5.92 Å². The molecule has 0 aliphatic heterocycles. The highest BCUT2D eigenvalue weighted by Crippen LogP contribution is 2.12. The van der Waals surface area contributed by atoms with Gasteiger partial charge >= 0.3 is 0 Å². The summed E-state index contributed by atoms with van der Waals surface area (Å²) < 4.78 is 5.38. The van der Waals surface area contributed by atoms with Crippen molar-refractivity contribution in [2.45, 2.75) is 66.8 Å². The number of aliphatic imine (C=N–C) groups is 1. The summed E-state index contributed by atoms with van der Waals surface area (Å²) in [6, 6.07) is 0.522. The number of halogens is 1. The minimum Gasteiger partial charge on any atom is -0.382 e. The van der Waals surface area contributed by atoms with Crippen LogP contribution >= 0.6 is 24.0 Å². The second-order valence-electron chi connectivity index (χ2n) is 6.56. The lowest BCUT2D eigenvalue weighted by molar-refractivity contribution is 0.143. The van der Waals surface area contributed by atoms with E-state index >= 15 is 0 Å². The summed E-state index contributed by atoms with van der Waals surface area (Å²) in [5.74, 6) is 1.63. The zero-order chi connectivity index (χ0) is 18.2. The molecule has 6 heteroatoms. The molecule has 2 N–H and O–H groups in total. The van der Waals surface area contributed by atoms with Crippen LogP contribution in [0.4, 0.5) is 0 Å². The van der Waals surface area contributed by atoms with Crippen molar-refractivity contribution in [1.29, 1.82) is 0 Å². The van der Waals surface area contributed by atoms with Gasteiger partial charge in [-0.1, -0.05) is 27.7 Å². The highest BCUT2D eigenvalue weighted by molar-refractivity contribution is 14.0. The summed E-state index contributed by atoms with van der Waals surface area (Å²) in [6.07, 6.45) is 3.39. The van der Waals surface area contributed by atoms with Gasteiger partial charge in [-0.25, -0.2) is 0 Å². The van der Waals surface area contributed by atoms with E-state index in [2.05, 4.69) is 50.2 Å². The van der Waals surface area contributed by atoms with Gasteiger partial charge in [0, 0.05) is 32.3 Å². The Hall–Kier alpha value is -0.0800. The Morgan fingerprint density at radius 3 is 2.24 bits per heavy atom. The number of hydrogen-bond donors (Lipinski definition) is 2. The fourth-order valence-corrected chi connectivity index (χ4v) is 2.84. The van der Waals surface area contributed by atoms with Crippen molar-refractivity contribution in [2.24, 2.45) is 10.9 Å². The summed E-state index contributed by atoms with van der Waals surface area (Å²) in [4.78, 5) is 7.36. The number of guanidine groups is 1. The largest absolute Gasteiger partial charge is 0.382 e. The maximum Gasteiger partial charge on any atom is 0.191 e. The monoisotopic (exact) mass is 470 g/mol. The summed E-state index contributed by atoms with van der Waals surface area (Å²) in [7, 11) is 0. The van der Waals surface area contributed by atoms with Crippen molar-refractivity contribution < 1.29 is 4.74 Å².